The zero-order chi connectivity index (χ0) is 7.02. The van der Waals surface area contributed by atoms with Gasteiger partial charge in [0.2, 0.25) is 0 Å². The third-order valence-corrected chi connectivity index (χ3v) is 1.48. The largest absolute Gasteiger partial charge is 0.502 e. The maximum Gasteiger partial charge on any atom is 0.293 e. The summed E-state index contributed by atoms with van der Waals surface area (Å²) in [5, 5.41) is 10.6. The van der Waals surface area contributed by atoms with Crippen LogP contribution in [0.3, 0.4) is 0 Å². The highest BCUT2D eigenvalue weighted by Gasteiger charge is 2.26. The molecule has 1 rings (SSSR count). The first-order valence-corrected chi connectivity index (χ1v) is 2.75. The summed E-state index contributed by atoms with van der Waals surface area (Å²) in [6, 6.07) is 0. The molecule has 0 saturated carbocycles. The van der Waals surface area contributed by atoms with E-state index < -0.39 is 17.6 Å². The second kappa shape index (κ2) is 1.81. The van der Waals surface area contributed by atoms with Gasteiger partial charge in [-0.15, -0.1) is 0 Å². The van der Waals surface area contributed by atoms with Gasteiger partial charge in [0.25, 0.3) is 11.8 Å². The molecule has 4 nitrogen and oxygen atoms in total. The van der Waals surface area contributed by atoms with Crippen LogP contribution in [-0.4, -0.2) is 16.9 Å². The first-order valence-electron chi connectivity index (χ1n) is 2.17. The van der Waals surface area contributed by atoms with Gasteiger partial charge in [-0.3, -0.25) is 14.9 Å². The Balaban J connectivity index is 3.06. The molecule has 1 atom stereocenters. The SMILES string of the molecule is O=C1NC(=O)C(P)=C1O. The van der Waals surface area contributed by atoms with Crippen molar-refractivity contribution < 1.29 is 14.7 Å². The summed E-state index contributed by atoms with van der Waals surface area (Å²) in [6.45, 7) is 0. The fourth-order valence-electron chi connectivity index (χ4n) is 0.460. The Bertz CT molecular complexity index is 198. The van der Waals surface area contributed by atoms with E-state index in [1.165, 1.54) is 0 Å². The number of rotatable bonds is 0. The molecule has 9 heavy (non-hydrogen) atoms. The van der Waals surface area contributed by atoms with Crippen molar-refractivity contribution in [3.8, 4) is 0 Å². The number of hydrogen-bond donors (Lipinski definition) is 2. The van der Waals surface area contributed by atoms with Crippen LogP contribution in [0.15, 0.2) is 11.1 Å². The second-order valence-corrected chi connectivity index (χ2v) is 2.12. The fourth-order valence-corrected chi connectivity index (χ4v) is 0.663. The first kappa shape index (κ1) is 6.23. The summed E-state index contributed by atoms with van der Waals surface area (Å²) >= 11 is 0. The fraction of sp³-hybridized carbons (Fsp3) is 0. The highest BCUT2D eigenvalue weighted by molar-refractivity contribution is 7.25. The van der Waals surface area contributed by atoms with Crippen molar-refractivity contribution in [3.05, 3.63) is 11.1 Å². The molecule has 0 aliphatic carbocycles. The normalized spacial score (nSPS) is 18.8. The Morgan fingerprint density at radius 2 is 1.89 bits per heavy atom. The number of hydrogen-bond acceptors (Lipinski definition) is 3. The molecule has 0 aromatic rings. The van der Waals surface area contributed by atoms with Crippen molar-refractivity contribution in [3.63, 3.8) is 0 Å². The molecule has 1 aliphatic rings. The van der Waals surface area contributed by atoms with Crippen molar-refractivity contribution in [2.45, 2.75) is 0 Å². The molecular weight excluding hydrogens is 141 g/mol. The van der Waals surface area contributed by atoms with Crippen molar-refractivity contribution >= 4 is 21.1 Å². The number of carbonyl (C=O) groups is 2. The maximum absolute atomic E-state index is 10.4. The average Bonchev–Trinajstić information content (AvgIpc) is 1.98. The minimum atomic E-state index is -0.731. The Hall–Kier alpha value is -0.890. The molecule has 0 fully saturated rings. The summed E-state index contributed by atoms with van der Waals surface area (Å²) in [7, 11) is 1.97. The topological polar surface area (TPSA) is 66.4 Å². The maximum atomic E-state index is 10.4. The monoisotopic (exact) mass is 145 g/mol. The quantitative estimate of drug-likeness (QED) is 0.349. The molecule has 2 amide bonds. The number of aliphatic hydroxyl groups excluding tert-OH is 1. The van der Waals surface area contributed by atoms with Crippen LogP contribution in [0.2, 0.25) is 0 Å². The predicted octanol–water partition coefficient (Wildman–Crippen LogP) is -0.713. The van der Waals surface area contributed by atoms with Gasteiger partial charge in [0.1, 0.15) is 0 Å². The summed E-state index contributed by atoms with van der Waals surface area (Å²) in [5.41, 5.74) is 0. The van der Waals surface area contributed by atoms with E-state index >= 15 is 0 Å². The number of amides is 2. The van der Waals surface area contributed by atoms with E-state index in [0.29, 0.717) is 0 Å². The van der Waals surface area contributed by atoms with Crippen LogP contribution in [-0.2, 0) is 9.59 Å². The van der Waals surface area contributed by atoms with E-state index in [1.54, 1.807) is 0 Å². The van der Waals surface area contributed by atoms with Crippen molar-refractivity contribution in [2.75, 3.05) is 0 Å². The molecule has 1 unspecified atom stereocenters. The van der Waals surface area contributed by atoms with Crippen LogP contribution >= 0.6 is 9.24 Å². The van der Waals surface area contributed by atoms with Gasteiger partial charge in [-0.05, 0) is 0 Å². The highest BCUT2D eigenvalue weighted by atomic mass is 31.0. The van der Waals surface area contributed by atoms with Crippen molar-refractivity contribution in [2.24, 2.45) is 0 Å². The van der Waals surface area contributed by atoms with E-state index in [0.717, 1.165) is 0 Å². The van der Waals surface area contributed by atoms with E-state index in [2.05, 4.69) is 0 Å². The van der Waals surface area contributed by atoms with Gasteiger partial charge in [-0.25, -0.2) is 0 Å². The van der Waals surface area contributed by atoms with Gasteiger partial charge >= 0.3 is 0 Å². The molecule has 1 heterocycles. The molecule has 2 N–H and O–H groups in total. The third kappa shape index (κ3) is 0.813. The average molecular weight is 145 g/mol. The van der Waals surface area contributed by atoms with Crippen LogP contribution in [0.4, 0.5) is 0 Å². The van der Waals surface area contributed by atoms with Gasteiger partial charge < -0.3 is 5.11 Å². The van der Waals surface area contributed by atoms with Crippen LogP contribution in [0.1, 0.15) is 0 Å². The zero-order valence-electron chi connectivity index (χ0n) is 4.34. The molecule has 0 aromatic carbocycles. The smallest absolute Gasteiger partial charge is 0.293 e. The molecule has 0 radical (unpaired) electrons. The molecule has 0 saturated heterocycles. The lowest BCUT2D eigenvalue weighted by Crippen LogP contribution is -2.22. The standard InChI is InChI=1S/C4H4NO3P/c6-1-2(9)4(8)5-3(1)7/h9H2,(H2,5,6,7,8). The Labute approximate surface area is 53.1 Å². The molecule has 48 valence electrons. The zero-order valence-corrected chi connectivity index (χ0v) is 5.50. The Morgan fingerprint density at radius 3 is 2.00 bits per heavy atom. The minimum Gasteiger partial charge on any atom is -0.502 e. The minimum absolute atomic E-state index is 0.000000000000000222. The Morgan fingerprint density at radius 1 is 1.33 bits per heavy atom. The van der Waals surface area contributed by atoms with E-state index in [4.69, 9.17) is 5.11 Å². The van der Waals surface area contributed by atoms with Crippen LogP contribution in [0.5, 0.6) is 0 Å². The summed E-state index contributed by atoms with van der Waals surface area (Å²) < 4.78 is 0. The van der Waals surface area contributed by atoms with Crippen LogP contribution < -0.4 is 5.32 Å². The third-order valence-electron chi connectivity index (χ3n) is 0.942. The highest BCUT2D eigenvalue weighted by Crippen LogP contribution is 2.15. The lowest BCUT2D eigenvalue weighted by atomic mass is 10.5. The number of carbonyl (C=O) groups excluding carboxylic acids is 2. The Kier molecular flexibility index (Phi) is 1.25. The lowest BCUT2D eigenvalue weighted by molar-refractivity contribution is -0.124. The number of nitrogens with one attached hydrogen (secondary N) is 1. The molecule has 1 aliphatic heterocycles. The van der Waals surface area contributed by atoms with E-state index in [9.17, 15) is 9.59 Å². The molecule has 0 spiro atoms. The molecular formula is C4H4NO3P. The van der Waals surface area contributed by atoms with Crippen LogP contribution in [0, 0.1) is 0 Å². The van der Waals surface area contributed by atoms with Gasteiger partial charge in [-0.1, -0.05) is 9.24 Å². The number of imide groups is 1. The van der Waals surface area contributed by atoms with Gasteiger partial charge in [0.15, 0.2) is 5.76 Å². The van der Waals surface area contributed by atoms with Crippen molar-refractivity contribution in [1.82, 2.24) is 5.32 Å². The van der Waals surface area contributed by atoms with Crippen LogP contribution in [0.25, 0.3) is 0 Å². The van der Waals surface area contributed by atoms with Crippen molar-refractivity contribution in [1.29, 1.82) is 0 Å². The molecule has 0 aromatic heterocycles. The predicted molar refractivity (Wildman–Crippen MR) is 32.5 cm³/mol. The summed E-state index contributed by atoms with van der Waals surface area (Å²) in [6.07, 6.45) is 0. The van der Waals surface area contributed by atoms with Gasteiger partial charge in [-0.2, -0.15) is 0 Å². The summed E-state index contributed by atoms with van der Waals surface area (Å²) in [5.74, 6) is -1.79. The second-order valence-electron chi connectivity index (χ2n) is 1.55. The van der Waals surface area contributed by atoms with E-state index in [1.807, 2.05) is 14.6 Å². The van der Waals surface area contributed by atoms with Gasteiger partial charge in [0.05, 0.1) is 5.31 Å². The number of aliphatic hydroxyl groups is 1. The van der Waals surface area contributed by atoms with E-state index in [-0.39, 0.29) is 5.31 Å². The molecule has 0 bridgehead atoms. The van der Waals surface area contributed by atoms with Gasteiger partial charge in [0, 0.05) is 0 Å². The summed E-state index contributed by atoms with van der Waals surface area (Å²) in [4.78, 5) is 20.8. The molecule has 5 heteroatoms. The first-order chi connectivity index (χ1) is 4.13. The lowest BCUT2D eigenvalue weighted by Gasteiger charge is -1.83.